The number of nitrogens with zero attached hydrogens (tertiary/aromatic N) is 1. The Morgan fingerprint density at radius 1 is 0.531 bits per heavy atom. The van der Waals surface area contributed by atoms with Crippen molar-refractivity contribution in [3.05, 3.63) is 24.3 Å². The highest BCUT2D eigenvalue weighted by Crippen LogP contribution is 2.43. The number of rotatable bonds is 51. The minimum atomic E-state index is -4.30. The van der Waals surface area contributed by atoms with Gasteiger partial charge >= 0.3 is 7.82 Å². The van der Waals surface area contributed by atoms with Crippen LogP contribution in [0.15, 0.2) is 24.3 Å². The molecule has 0 radical (unpaired) electrons. The Bertz CT molecular complexity index is 1090. The summed E-state index contributed by atoms with van der Waals surface area (Å²) in [6.45, 7) is 4.85. The fourth-order valence-corrected chi connectivity index (χ4v) is 9.05. The molecule has 0 bridgehead atoms. The van der Waals surface area contributed by atoms with E-state index in [0.717, 1.165) is 44.9 Å². The molecule has 3 N–H and O–H groups in total. The van der Waals surface area contributed by atoms with Crippen LogP contribution in [0.25, 0.3) is 0 Å². The number of nitrogens with one attached hydrogen (secondary N) is 1. The smallest absolute Gasteiger partial charge is 0.391 e. The zero-order valence-electron chi connectivity index (χ0n) is 43.3. The number of allylic oxidation sites excluding steroid dienone is 4. The molecule has 0 aromatic carbocycles. The first kappa shape index (κ1) is 63.0. The average Bonchev–Trinajstić information content (AvgIpc) is 3.25. The molecular weight excluding hydrogens is 816 g/mol. The number of phosphoric ester groups is 1. The van der Waals surface area contributed by atoms with Gasteiger partial charge in [-0.15, -0.1) is 0 Å². The molecule has 0 saturated heterocycles. The van der Waals surface area contributed by atoms with Crippen molar-refractivity contribution in [2.45, 2.75) is 283 Å². The molecule has 3 unspecified atom stereocenters. The van der Waals surface area contributed by atoms with Crippen LogP contribution < -0.4 is 5.32 Å². The van der Waals surface area contributed by atoms with Crippen molar-refractivity contribution < 1.29 is 32.9 Å². The number of amides is 1. The maximum atomic E-state index is 12.9. The predicted molar refractivity (Wildman–Crippen MR) is 277 cm³/mol. The lowest BCUT2D eigenvalue weighted by Crippen LogP contribution is -2.46. The first-order valence-corrected chi connectivity index (χ1v) is 29.2. The summed E-state index contributed by atoms with van der Waals surface area (Å²) in [5, 5.41) is 13.9. The van der Waals surface area contributed by atoms with Gasteiger partial charge < -0.3 is 19.8 Å². The van der Waals surface area contributed by atoms with Crippen LogP contribution in [0.1, 0.15) is 271 Å². The van der Waals surface area contributed by atoms with Gasteiger partial charge in [0.25, 0.3) is 0 Å². The van der Waals surface area contributed by atoms with Gasteiger partial charge in [-0.1, -0.05) is 244 Å². The summed E-state index contributed by atoms with van der Waals surface area (Å²) in [5.41, 5.74) is 0. The monoisotopic (exact) mass is 926 g/mol. The SMILES string of the molecule is CCCCCCC/C=C\C/C=C\CCCCCCCCCCCCCCCCCCCCCCCCCC(=O)NC(COP(=O)(O)OCC[N+](C)(C)C)C(O)CCCCCCCCC. The molecule has 0 aliphatic rings. The minimum Gasteiger partial charge on any atom is -0.391 e. The largest absolute Gasteiger partial charge is 0.472 e. The van der Waals surface area contributed by atoms with E-state index in [1.54, 1.807) is 0 Å². The van der Waals surface area contributed by atoms with E-state index in [9.17, 15) is 19.4 Å². The first-order valence-electron chi connectivity index (χ1n) is 27.7. The van der Waals surface area contributed by atoms with E-state index in [0.29, 0.717) is 23.9 Å². The van der Waals surface area contributed by atoms with Crippen LogP contribution >= 0.6 is 7.82 Å². The summed E-state index contributed by atoms with van der Waals surface area (Å²) >= 11 is 0. The number of aliphatic hydroxyl groups excluding tert-OH is 1. The van der Waals surface area contributed by atoms with Crippen LogP contribution in [-0.2, 0) is 18.4 Å². The number of hydrogen-bond donors (Lipinski definition) is 3. The molecule has 0 saturated carbocycles. The third-order valence-electron chi connectivity index (χ3n) is 12.7. The van der Waals surface area contributed by atoms with Crippen LogP contribution in [0.5, 0.6) is 0 Å². The highest BCUT2D eigenvalue weighted by atomic mass is 31.2. The molecule has 0 aromatic rings. The number of phosphoric acid groups is 1. The van der Waals surface area contributed by atoms with Crippen molar-refractivity contribution in [3.63, 3.8) is 0 Å². The zero-order valence-corrected chi connectivity index (χ0v) is 44.2. The Morgan fingerprint density at radius 3 is 1.28 bits per heavy atom. The highest BCUT2D eigenvalue weighted by Gasteiger charge is 2.28. The minimum absolute atomic E-state index is 0.0765. The molecule has 1 amide bonds. The highest BCUT2D eigenvalue weighted by molar-refractivity contribution is 7.47. The van der Waals surface area contributed by atoms with Gasteiger partial charge in [0, 0.05) is 6.42 Å². The quantitative estimate of drug-likeness (QED) is 0.0243. The van der Waals surface area contributed by atoms with E-state index in [1.807, 2.05) is 21.1 Å². The van der Waals surface area contributed by atoms with Gasteiger partial charge in [0.05, 0.1) is 39.9 Å². The number of likely N-dealkylation sites (N-methyl/N-ethyl adjacent to an activating group) is 1. The Balaban J connectivity index is 3.78. The summed E-state index contributed by atoms with van der Waals surface area (Å²) in [5.74, 6) is -0.144. The summed E-state index contributed by atoms with van der Waals surface area (Å²) in [6, 6.07) is -0.754. The molecule has 380 valence electrons. The fourth-order valence-electron chi connectivity index (χ4n) is 8.31. The number of unbranched alkanes of at least 4 members (excludes halogenated alkanes) is 34. The van der Waals surface area contributed by atoms with Gasteiger partial charge in [-0.25, -0.2) is 4.57 Å². The van der Waals surface area contributed by atoms with Crippen LogP contribution in [0.3, 0.4) is 0 Å². The summed E-state index contributed by atoms with van der Waals surface area (Å²) in [7, 11) is 1.62. The topological polar surface area (TPSA) is 105 Å². The van der Waals surface area contributed by atoms with Crippen molar-refractivity contribution in [1.82, 2.24) is 5.32 Å². The molecule has 9 heteroatoms. The van der Waals surface area contributed by atoms with E-state index in [4.69, 9.17) is 9.05 Å². The third-order valence-corrected chi connectivity index (χ3v) is 13.7. The molecule has 8 nitrogen and oxygen atoms in total. The van der Waals surface area contributed by atoms with Crippen LogP contribution in [0, 0.1) is 0 Å². The van der Waals surface area contributed by atoms with Crippen molar-refractivity contribution in [3.8, 4) is 0 Å². The number of quaternary nitrogens is 1. The van der Waals surface area contributed by atoms with Crippen molar-refractivity contribution in [2.24, 2.45) is 0 Å². The van der Waals surface area contributed by atoms with Gasteiger partial charge in [0.15, 0.2) is 0 Å². The molecule has 3 atom stereocenters. The van der Waals surface area contributed by atoms with Crippen LogP contribution in [0.4, 0.5) is 0 Å². The predicted octanol–water partition coefficient (Wildman–Crippen LogP) is 16.4. The van der Waals surface area contributed by atoms with Gasteiger partial charge in [-0.05, 0) is 44.9 Å². The first-order chi connectivity index (χ1) is 31.0. The second-order valence-electron chi connectivity index (χ2n) is 20.3. The van der Waals surface area contributed by atoms with E-state index in [2.05, 4.69) is 43.5 Å². The van der Waals surface area contributed by atoms with E-state index in [-0.39, 0.29) is 19.1 Å². The fraction of sp³-hybridized carbons (Fsp3) is 0.909. The molecule has 0 aliphatic heterocycles. The number of hydrogen-bond acceptors (Lipinski definition) is 5. The normalized spacial score (nSPS) is 14.2. The molecular formula is C55H110N2O6P+. The Morgan fingerprint density at radius 2 is 0.891 bits per heavy atom. The van der Waals surface area contributed by atoms with Crippen molar-refractivity contribution in [1.29, 1.82) is 0 Å². The van der Waals surface area contributed by atoms with Crippen molar-refractivity contribution >= 4 is 13.7 Å². The summed E-state index contributed by atoms with van der Waals surface area (Å²) < 4.78 is 23.6. The van der Waals surface area contributed by atoms with Gasteiger partial charge in [-0.3, -0.25) is 13.8 Å². The van der Waals surface area contributed by atoms with E-state index in [1.165, 1.54) is 199 Å². The van der Waals surface area contributed by atoms with Gasteiger partial charge in [-0.2, -0.15) is 0 Å². The van der Waals surface area contributed by atoms with E-state index < -0.39 is 20.0 Å². The Labute approximate surface area is 398 Å². The molecule has 64 heavy (non-hydrogen) atoms. The second-order valence-corrected chi connectivity index (χ2v) is 21.8. The summed E-state index contributed by atoms with van der Waals surface area (Å²) in [4.78, 5) is 23.1. The van der Waals surface area contributed by atoms with Gasteiger partial charge in [0.1, 0.15) is 13.2 Å². The zero-order chi connectivity index (χ0) is 47.1. The summed E-state index contributed by atoms with van der Waals surface area (Å²) in [6.07, 6.45) is 58.5. The molecule has 0 spiro atoms. The number of carbonyl (C=O) groups excluding carboxylic acids is 1. The Hall–Kier alpha value is -1.02. The lowest BCUT2D eigenvalue weighted by Gasteiger charge is -2.26. The lowest BCUT2D eigenvalue weighted by atomic mass is 10.0. The van der Waals surface area contributed by atoms with Crippen LogP contribution in [0.2, 0.25) is 0 Å². The Kier molecular flexibility index (Phi) is 46.3. The maximum absolute atomic E-state index is 12.9. The van der Waals surface area contributed by atoms with E-state index >= 15 is 0 Å². The second kappa shape index (κ2) is 47.1. The average molecular weight is 926 g/mol. The molecule has 0 aromatic heterocycles. The molecule has 0 heterocycles. The number of carbonyl (C=O) groups is 1. The number of aliphatic hydroxyl groups is 1. The lowest BCUT2D eigenvalue weighted by molar-refractivity contribution is -0.870. The maximum Gasteiger partial charge on any atom is 0.472 e. The van der Waals surface area contributed by atoms with Gasteiger partial charge in [0.2, 0.25) is 5.91 Å². The standard InChI is InChI=1S/C55H109N2O6P/c1-6-8-10-12-14-15-16-17-18-19-20-21-22-23-24-25-26-27-28-29-30-31-32-33-34-35-36-37-38-39-40-41-43-45-47-49-55(59)56-53(54(58)48-46-44-42-13-11-9-7-2)52-63-64(60,61)62-51-50-57(3,4)5/h16-17,19-20,53-54,58H,6-15,18,21-52H2,1-5H3,(H-,56,59,60,61)/p+1/b17-16-,20-19-. The third kappa shape index (κ3) is 48.9. The molecule has 0 aliphatic carbocycles. The van der Waals surface area contributed by atoms with Crippen LogP contribution in [-0.4, -0.2) is 73.4 Å². The van der Waals surface area contributed by atoms with Crippen molar-refractivity contribution in [2.75, 3.05) is 40.9 Å². The molecule has 0 rings (SSSR count). The molecule has 0 fully saturated rings.